The number of anilines is 5. The Morgan fingerprint density at radius 3 is 2.09 bits per heavy atom. The molecule has 0 N–H and O–H groups in total. The van der Waals surface area contributed by atoms with Crippen LogP contribution in [0.5, 0.6) is 0 Å². The lowest BCUT2D eigenvalue weighted by Crippen LogP contribution is -2.64. The van der Waals surface area contributed by atoms with E-state index >= 15 is 0 Å². The average Bonchev–Trinajstić information content (AvgIpc) is 3.97. The molecule has 3 aliphatic heterocycles. The van der Waals surface area contributed by atoms with Gasteiger partial charge in [-0.25, -0.2) is 0 Å². The van der Waals surface area contributed by atoms with Crippen molar-refractivity contribution >= 4 is 94.2 Å². The predicted molar refractivity (Wildman–Crippen MR) is 301 cm³/mol. The van der Waals surface area contributed by atoms with Crippen LogP contribution in [0.1, 0.15) is 129 Å². The minimum Gasteiger partial charge on any atom is -0.456 e. The summed E-state index contributed by atoms with van der Waals surface area (Å²) >= 11 is 2.03. The Kier molecular flexibility index (Phi) is 8.62. The fourth-order valence-electron chi connectivity index (χ4n) is 14.5. The Morgan fingerprint density at radius 2 is 1.30 bits per heavy atom. The molecule has 0 spiro atoms. The molecule has 0 bridgehead atoms. The van der Waals surface area contributed by atoms with Gasteiger partial charge in [0, 0.05) is 43.5 Å². The molecule has 9 aromatic rings. The molecule has 348 valence electrons. The minimum atomic E-state index is -0.109. The van der Waals surface area contributed by atoms with Gasteiger partial charge in [0.1, 0.15) is 11.2 Å². The quantitative estimate of drug-likeness (QED) is 0.165. The Morgan fingerprint density at radius 1 is 0.586 bits per heavy atom. The van der Waals surface area contributed by atoms with Crippen molar-refractivity contribution < 1.29 is 4.42 Å². The standard InChI is InChI=1S/C65H63BN2OS/c1-38-31-51-58-52(32-38)68-59-48(64(9)27-16-17-28-65(64,68)10)33-40(42-22-18-24-54-56(42)43-21-14-15-23-53(43)69-54)34-49(59)66(58)57-45-36-46-47(63(7,8)30-29-62(46,5)6)37-55(45)70-60(57)67(51)50-26-25-41(61(2,3)4)35-44(50)39-19-12-11-13-20-39/h11-15,18-26,31-37H,16-17,27-30H2,1-10H3. The van der Waals surface area contributed by atoms with Crippen LogP contribution in [0.2, 0.25) is 0 Å². The SMILES string of the molecule is Cc1cc2c3c(c1)N1c4c(cc(-c5cccc6oc7ccccc7c56)cc4C4(C)CCCCC14C)B3c1c(sc3cc4c(cc13)C(C)(C)CCC4(C)C)N2c1ccc(C(C)(C)C)cc1-c1ccccc1. The van der Waals surface area contributed by atoms with Crippen LogP contribution in [0.25, 0.3) is 54.3 Å². The van der Waals surface area contributed by atoms with Gasteiger partial charge in [-0.2, -0.15) is 0 Å². The van der Waals surface area contributed by atoms with E-state index in [0.717, 1.165) is 17.6 Å². The highest BCUT2D eigenvalue weighted by molar-refractivity contribution is 7.26. The number of para-hydroxylation sites is 1. The van der Waals surface area contributed by atoms with E-state index in [2.05, 4.69) is 206 Å². The molecule has 1 fully saturated rings. The molecule has 5 heterocycles. The Hall–Kier alpha value is -6.04. The molecule has 2 unspecified atom stereocenters. The lowest BCUT2D eigenvalue weighted by molar-refractivity contribution is 0.195. The summed E-state index contributed by atoms with van der Waals surface area (Å²) in [6.45, 7) is 24.6. The lowest BCUT2D eigenvalue weighted by atomic mass is 9.33. The normalized spacial score (nSPS) is 21.5. The number of nitrogens with zero attached hydrogens (tertiary/aromatic N) is 2. The maximum atomic E-state index is 6.61. The predicted octanol–water partition coefficient (Wildman–Crippen LogP) is 16.4. The number of furan rings is 1. The second kappa shape index (κ2) is 14.1. The van der Waals surface area contributed by atoms with Gasteiger partial charge in [0.25, 0.3) is 6.71 Å². The van der Waals surface area contributed by atoms with Gasteiger partial charge >= 0.3 is 0 Å². The number of rotatable bonds is 3. The molecule has 0 saturated heterocycles. The number of thiophene rings is 1. The van der Waals surface area contributed by atoms with E-state index in [0.29, 0.717) is 0 Å². The molecule has 5 heteroatoms. The molecule has 0 amide bonds. The monoisotopic (exact) mass is 930 g/mol. The van der Waals surface area contributed by atoms with Gasteiger partial charge in [0.2, 0.25) is 0 Å². The first-order valence-electron chi connectivity index (χ1n) is 26.1. The van der Waals surface area contributed by atoms with Crippen LogP contribution in [0.15, 0.2) is 132 Å². The smallest absolute Gasteiger partial charge is 0.254 e. The molecular formula is C65H63BN2OS. The number of aryl methyl sites for hydroxylation is 1. The Bertz CT molecular complexity index is 3730. The zero-order valence-corrected chi connectivity index (χ0v) is 43.5. The van der Waals surface area contributed by atoms with Crippen molar-refractivity contribution in [1.82, 2.24) is 0 Å². The summed E-state index contributed by atoms with van der Waals surface area (Å²) in [4.78, 5) is 5.64. The fraction of sp³-hybridized carbons (Fsp3) is 0.323. The molecular weight excluding hydrogens is 868 g/mol. The van der Waals surface area contributed by atoms with Crippen LogP contribution in [0.3, 0.4) is 0 Å². The topological polar surface area (TPSA) is 19.6 Å². The van der Waals surface area contributed by atoms with Crippen molar-refractivity contribution in [2.75, 3.05) is 9.80 Å². The highest BCUT2D eigenvalue weighted by atomic mass is 32.1. The number of hydrogen-bond donors (Lipinski definition) is 0. The van der Waals surface area contributed by atoms with E-state index in [1.165, 1.54) is 147 Å². The summed E-state index contributed by atoms with van der Waals surface area (Å²) < 4.78 is 8.01. The van der Waals surface area contributed by atoms with Gasteiger partial charge in [-0.15, -0.1) is 11.3 Å². The third kappa shape index (κ3) is 5.59. The van der Waals surface area contributed by atoms with Gasteiger partial charge < -0.3 is 14.2 Å². The van der Waals surface area contributed by atoms with Crippen LogP contribution in [0, 0.1) is 6.92 Å². The molecule has 14 rings (SSSR count). The summed E-state index contributed by atoms with van der Waals surface area (Å²) in [6.07, 6.45) is 7.18. The van der Waals surface area contributed by atoms with Crippen molar-refractivity contribution in [2.45, 2.75) is 135 Å². The van der Waals surface area contributed by atoms with E-state index in [-0.39, 0.29) is 33.9 Å². The number of benzene rings is 7. The summed E-state index contributed by atoms with van der Waals surface area (Å²) in [6, 6.07) is 49.6. The van der Waals surface area contributed by atoms with Gasteiger partial charge in [0.15, 0.2) is 0 Å². The zero-order chi connectivity index (χ0) is 48.0. The maximum Gasteiger partial charge on any atom is 0.254 e. The second-order valence-electron chi connectivity index (χ2n) is 24.7. The molecule has 7 aromatic carbocycles. The molecule has 1 saturated carbocycles. The largest absolute Gasteiger partial charge is 0.456 e. The van der Waals surface area contributed by atoms with Crippen molar-refractivity contribution in [2.24, 2.45) is 0 Å². The van der Waals surface area contributed by atoms with Crippen LogP contribution in [-0.2, 0) is 21.7 Å². The van der Waals surface area contributed by atoms with Crippen LogP contribution < -0.4 is 26.2 Å². The summed E-state index contributed by atoms with van der Waals surface area (Å²) in [5, 5.41) is 5.17. The third-order valence-electron chi connectivity index (χ3n) is 18.7. The van der Waals surface area contributed by atoms with E-state index < -0.39 is 0 Å². The Balaban J connectivity index is 1.14. The van der Waals surface area contributed by atoms with Crippen LogP contribution >= 0.6 is 11.3 Å². The van der Waals surface area contributed by atoms with E-state index in [1.807, 2.05) is 11.3 Å². The average molecular weight is 931 g/mol. The molecule has 0 radical (unpaired) electrons. The molecule has 2 atom stereocenters. The molecule has 5 aliphatic rings. The Labute approximate surface area is 418 Å². The number of fused-ring (bicyclic) bond motifs is 13. The molecule has 2 aromatic heterocycles. The second-order valence-corrected chi connectivity index (χ2v) is 25.7. The highest BCUT2D eigenvalue weighted by Gasteiger charge is 2.62. The first-order valence-corrected chi connectivity index (χ1v) is 26.9. The third-order valence-corrected chi connectivity index (χ3v) is 19.8. The first kappa shape index (κ1) is 42.8. The van der Waals surface area contributed by atoms with Gasteiger partial charge in [-0.3, -0.25) is 0 Å². The summed E-state index contributed by atoms with van der Waals surface area (Å²) in [7, 11) is 0. The van der Waals surface area contributed by atoms with Crippen molar-refractivity contribution in [3.05, 3.63) is 155 Å². The zero-order valence-electron chi connectivity index (χ0n) is 42.7. The van der Waals surface area contributed by atoms with Crippen LogP contribution in [-0.4, -0.2) is 12.3 Å². The van der Waals surface area contributed by atoms with E-state index in [4.69, 9.17) is 4.42 Å². The lowest BCUT2D eigenvalue weighted by Gasteiger charge is -2.52. The van der Waals surface area contributed by atoms with E-state index in [1.54, 1.807) is 0 Å². The van der Waals surface area contributed by atoms with E-state index in [9.17, 15) is 0 Å². The summed E-state index contributed by atoms with van der Waals surface area (Å²) in [5.41, 5.74) is 24.0. The van der Waals surface area contributed by atoms with Crippen molar-refractivity contribution in [3.8, 4) is 22.3 Å². The molecule has 70 heavy (non-hydrogen) atoms. The first-order chi connectivity index (χ1) is 33.5. The minimum absolute atomic E-state index is 0.0109. The van der Waals surface area contributed by atoms with Crippen molar-refractivity contribution in [1.29, 1.82) is 0 Å². The van der Waals surface area contributed by atoms with Gasteiger partial charge in [-0.05, 0) is 177 Å². The van der Waals surface area contributed by atoms with Gasteiger partial charge in [-0.1, -0.05) is 141 Å². The fourth-order valence-corrected chi connectivity index (χ4v) is 15.8. The summed E-state index contributed by atoms with van der Waals surface area (Å²) in [5.74, 6) is 0. The number of hydrogen-bond acceptors (Lipinski definition) is 4. The van der Waals surface area contributed by atoms with Crippen molar-refractivity contribution in [3.63, 3.8) is 0 Å². The van der Waals surface area contributed by atoms with Crippen LogP contribution in [0.4, 0.5) is 27.8 Å². The molecule has 2 aliphatic carbocycles. The molecule has 3 nitrogen and oxygen atoms in total. The highest BCUT2D eigenvalue weighted by Crippen LogP contribution is 2.63. The maximum absolute atomic E-state index is 6.61. The van der Waals surface area contributed by atoms with Gasteiger partial charge in [0.05, 0.1) is 16.2 Å².